The van der Waals surface area contributed by atoms with Gasteiger partial charge in [0.2, 0.25) is 5.89 Å². The van der Waals surface area contributed by atoms with E-state index in [4.69, 9.17) is 4.52 Å². The van der Waals surface area contributed by atoms with Crippen LogP contribution in [-0.4, -0.2) is 37.7 Å². The summed E-state index contributed by atoms with van der Waals surface area (Å²) in [6.45, 7) is 5.30. The van der Waals surface area contributed by atoms with E-state index >= 15 is 0 Å². The number of aromatic nitrogens is 4. The van der Waals surface area contributed by atoms with Crippen LogP contribution in [0.2, 0.25) is 0 Å². The molecule has 0 N–H and O–H groups in total. The maximum atomic E-state index is 12.2. The zero-order valence-corrected chi connectivity index (χ0v) is 14.0. The standard InChI is InChI=1S/C17H23N5O2/c1-12-19-16(24-20-12)10-21-6-4-13(5-7-21)9-22-11-18-15(8-17(22)23)14-2-3-14/h8,11,13-14H,2-7,9-10H2,1H3. The Morgan fingerprint density at radius 2 is 2.04 bits per heavy atom. The minimum absolute atomic E-state index is 0.0932. The van der Waals surface area contributed by atoms with Crippen molar-refractivity contribution in [2.24, 2.45) is 5.92 Å². The first-order chi connectivity index (χ1) is 11.7. The minimum atomic E-state index is 0.0932. The van der Waals surface area contributed by atoms with Crippen LogP contribution in [0.1, 0.15) is 49.0 Å². The molecule has 0 atom stereocenters. The first-order valence-electron chi connectivity index (χ1n) is 8.75. The maximum absolute atomic E-state index is 12.2. The van der Waals surface area contributed by atoms with E-state index in [-0.39, 0.29) is 5.56 Å². The maximum Gasteiger partial charge on any atom is 0.253 e. The summed E-state index contributed by atoms with van der Waals surface area (Å²) in [7, 11) is 0. The Hall–Kier alpha value is -2.02. The number of aryl methyl sites for hydroxylation is 1. The van der Waals surface area contributed by atoms with Gasteiger partial charge in [0.1, 0.15) is 0 Å². The molecule has 2 aromatic heterocycles. The van der Waals surface area contributed by atoms with Crippen LogP contribution in [0.3, 0.4) is 0 Å². The zero-order chi connectivity index (χ0) is 16.5. The molecule has 7 heteroatoms. The molecule has 1 aliphatic carbocycles. The Bertz CT molecular complexity index is 756. The highest BCUT2D eigenvalue weighted by atomic mass is 16.5. The molecule has 1 saturated heterocycles. The molecule has 0 spiro atoms. The van der Waals surface area contributed by atoms with E-state index in [0.717, 1.165) is 38.2 Å². The number of likely N-dealkylation sites (tertiary alicyclic amines) is 1. The molecule has 0 aromatic carbocycles. The van der Waals surface area contributed by atoms with E-state index in [1.165, 1.54) is 12.8 Å². The van der Waals surface area contributed by atoms with Gasteiger partial charge in [0.05, 0.1) is 18.6 Å². The van der Waals surface area contributed by atoms with Crippen molar-refractivity contribution in [3.63, 3.8) is 0 Å². The van der Waals surface area contributed by atoms with Crippen molar-refractivity contribution in [1.29, 1.82) is 0 Å². The lowest BCUT2D eigenvalue weighted by atomic mass is 9.96. The second-order valence-corrected chi connectivity index (χ2v) is 7.03. The molecule has 2 aliphatic rings. The molecular weight excluding hydrogens is 306 g/mol. The Morgan fingerprint density at radius 3 is 2.67 bits per heavy atom. The Labute approximate surface area is 140 Å². The first kappa shape index (κ1) is 15.5. The van der Waals surface area contributed by atoms with Gasteiger partial charge in [-0.2, -0.15) is 4.98 Å². The molecule has 1 aliphatic heterocycles. The van der Waals surface area contributed by atoms with Crippen LogP contribution in [0.15, 0.2) is 21.7 Å². The van der Waals surface area contributed by atoms with E-state index in [2.05, 4.69) is 20.0 Å². The van der Waals surface area contributed by atoms with Gasteiger partial charge in [-0.25, -0.2) is 4.98 Å². The molecule has 0 unspecified atom stereocenters. The van der Waals surface area contributed by atoms with E-state index in [0.29, 0.717) is 30.1 Å². The molecule has 24 heavy (non-hydrogen) atoms. The summed E-state index contributed by atoms with van der Waals surface area (Å²) in [6.07, 6.45) is 6.24. The molecular formula is C17H23N5O2. The fraction of sp³-hybridized carbons (Fsp3) is 0.647. The number of nitrogens with zero attached hydrogens (tertiary/aromatic N) is 5. The number of piperidine rings is 1. The van der Waals surface area contributed by atoms with Gasteiger partial charge >= 0.3 is 0 Å². The smallest absolute Gasteiger partial charge is 0.253 e. The van der Waals surface area contributed by atoms with Crippen molar-refractivity contribution >= 4 is 0 Å². The fourth-order valence-corrected chi connectivity index (χ4v) is 3.38. The van der Waals surface area contributed by atoms with Crippen molar-refractivity contribution in [2.75, 3.05) is 13.1 Å². The highest BCUT2D eigenvalue weighted by molar-refractivity contribution is 5.12. The highest BCUT2D eigenvalue weighted by Gasteiger charge is 2.26. The molecule has 7 nitrogen and oxygen atoms in total. The van der Waals surface area contributed by atoms with Gasteiger partial charge in [-0.15, -0.1) is 0 Å². The number of rotatable bonds is 5. The SMILES string of the molecule is Cc1noc(CN2CCC(Cn3cnc(C4CC4)cc3=O)CC2)n1. The Balaban J connectivity index is 1.30. The van der Waals surface area contributed by atoms with Crippen LogP contribution in [0.4, 0.5) is 0 Å². The number of hydrogen-bond donors (Lipinski definition) is 0. The quantitative estimate of drug-likeness (QED) is 0.831. The Kier molecular flexibility index (Phi) is 4.18. The van der Waals surface area contributed by atoms with Crippen LogP contribution in [0.25, 0.3) is 0 Å². The van der Waals surface area contributed by atoms with Crippen LogP contribution in [-0.2, 0) is 13.1 Å². The van der Waals surface area contributed by atoms with Crippen molar-refractivity contribution in [2.45, 2.75) is 51.6 Å². The van der Waals surface area contributed by atoms with Crippen molar-refractivity contribution < 1.29 is 4.52 Å². The third-order valence-corrected chi connectivity index (χ3v) is 4.99. The predicted molar refractivity (Wildman–Crippen MR) is 87.5 cm³/mol. The second kappa shape index (κ2) is 6.47. The van der Waals surface area contributed by atoms with Crippen LogP contribution < -0.4 is 5.56 Å². The molecule has 0 bridgehead atoms. The van der Waals surface area contributed by atoms with Gasteiger partial charge in [-0.05, 0) is 51.6 Å². The van der Waals surface area contributed by atoms with Crippen molar-refractivity contribution in [1.82, 2.24) is 24.6 Å². The van der Waals surface area contributed by atoms with E-state index in [1.54, 1.807) is 17.0 Å². The largest absolute Gasteiger partial charge is 0.338 e. The minimum Gasteiger partial charge on any atom is -0.338 e. The van der Waals surface area contributed by atoms with Gasteiger partial charge in [0, 0.05) is 18.5 Å². The summed E-state index contributed by atoms with van der Waals surface area (Å²) in [6, 6.07) is 1.73. The molecule has 2 fully saturated rings. The predicted octanol–water partition coefficient (Wildman–Crippen LogP) is 1.72. The van der Waals surface area contributed by atoms with Crippen LogP contribution in [0.5, 0.6) is 0 Å². The summed E-state index contributed by atoms with van der Waals surface area (Å²) in [4.78, 5) is 23.3. The lowest BCUT2D eigenvalue weighted by molar-refractivity contribution is 0.150. The highest BCUT2D eigenvalue weighted by Crippen LogP contribution is 2.38. The normalized spacial score (nSPS) is 19.7. The average Bonchev–Trinajstić information content (AvgIpc) is 3.34. The van der Waals surface area contributed by atoms with Crippen molar-refractivity contribution in [3.05, 3.63) is 40.2 Å². The molecule has 1 saturated carbocycles. The van der Waals surface area contributed by atoms with Crippen LogP contribution >= 0.6 is 0 Å². The van der Waals surface area contributed by atoms with Gasteiger partial charge in [-0.1, -0.05) is 5.16 Å². The molecule has 2 aromatic rings. The molecule has 0 radical (unpaired) electrons. The molecule has 128 valence electrons. The van der Waals surface area contributed by atoms with Gasteiger partial charge < -0.3 is 4.52 Å². The van der Waals surface area contributed by atoms with Crippen LogP contribution in [0, 0.1) is 12.8 Å². The first-order valence-corrected chi connectivity index (χ1v) is 8.75. The van der Waals surface area contributed by atoms with Crippen molar-refractivity contribution in [3.8, 4) is 0 Å². The Morgan fingerprint density at radius 1 is 1.25 bits per heavy atom. The summed E-state index contributed by atoms with van der Waals surface area (Å²) in [5.41, 5.74) is 1.07. The molecule has 0 amide bonds. The monoisotopic (exact) mass is 329 g/mol. The third-order valence-electron chi connectivity index (χ3n) is 4.99. The average molecular weight is 329 g/mol. The van der Waals surface area contributed by atoms with Gasteiger partial charge in [-0.3, -0.25) is 14.3 Å². The summed E-state index contributed by atoms with van der Waals surface area (Å²) in [5, 5.41) is 3.83. The van der Waals surface area contributed by atoms with E-state index in [9.17, 15) is 4.79 Å². The van der Waals surface area contributed by atoms with E-state index < -0.39 is 0 Å². The number of hydrogen-bond acceptors (Lipinski definition) is 6. The topological polar surface area (TPSA) is 77.0 Å². The summed E-state index contributed by atoms with van der Waals surface area (Å²) >= 11 is 0. The molecule has 3 heterocycles. The van der Waals surface area contributed by atoms with Gasteiger partial charge in [0.15, 0.2) is 5.82 Å². The summed E-state index contributed by atoms with van der Waals surface area (Å²) < 4.78 is 6.96. The van der Waals surface area contributed by atoms with E-state index in [1.807, 2.05) is 6.92 Å². The van der Waals surface area contributed by atoms with Gasteiger partial charge in [0.25, 0.3) is 5.56 Å². The second-order valence-electron chi connectivity index (χ2n) is 7.03. The lowest BCUT2D eigenvalue weighted by Crippen LogP contribution is -2.36. The summed E-state index contributed by atoms with van der Waals surface area (Å²) in [5.74, 6) is 2.42. The lowest BCUT2D eigenvalue weighted by Gasteiger charge is -2.31. The zero-order valence-electron chi connectivity index (χ0n) is 14.0. The molecule has 4 rings (SSSR count). The third kappa shape index (κ3) is 3.56. The fourth-order valence-electron chi connectivity index (χ4n) is 3.38.